The van der Waals surface area contributed by atoms with E-state index in [1.165, 1.54) is 6.07 Å². The van der Waals surface area contributed by atoms with Gasteiger partial charge in [-0.15, -0.1) is 0 Å². The van der Waals surface area contributed by atoms with E-state index in [1.54, 1.807) is 6.07 Å². The van der Waals surface area contributed by atoms with E-state index in [2.05, 4.69) is 0 Å². The first kappa shape index (κ1) is 10.6. The van der Waals surface area contributed by atoms with Crippen molar-refractivity contribution in [3.05, 3.63) is 35.1 Å². The molecule has 2 nitrogen and oxygen atoms in total. The molecule has 3 heteroatoms. The van der Waals surface area contributed by atoms with Crippen LogP contribution in [0.25, 0.3) is 0 Å². The van der Waals surface area contributed by atoms with Crippen LogP contribution in [0.5, 0.6) is 0 Å². The van der Waals surface area contributed by atoms with E-state index >= 15 is 0 Å². The summed E-state index contributed by atoms with van der Waals surface area (Å²) in [5, 5.41) is 9.82. The molecule has 1 aliphatic carbocycles. The lowest BCUT2D eigenvalue weighted by molar-refractivity contribution is 0.151. The predicted molar refractivity (Wildman–Crippen MR) is 56.9 cm³/mol. The molecule has 0 radical (unpaired) electrons. The Morgan fingerprint density at radius 3 is 2.53 bits per heavy atom. The van der Waals surface area contributed by atoms with Crippen LogP contribution in [-0.4, -0.2) is 24.1 Å². The quantitative estimate of drug-likeness (QED) is 0.821. The minimum Gasteiger partial charge on any atom is -0.385 e. The standard InChI is InChI=1S/C12H16FNO/c1-14(2)8-9-3-4-10(7-11(9)13)12(15)5-6-12/h3-4,7,15H,5-6,8H2,1-2H3. The number of rotatable bonds is 3. The highest BCUT2D eigenvalue weighted by Crippen LogP contribution is 2.45. The van der Waals surface area contributed by atoms with Gasteiger partial charge in [-0.05, 0) is 38.6 Å². The van der Waals surface area contributed by atoms with Gasteiger partial charge in [-0.3, -0.25) is 0 Å². The maximum Gasteiger partial charge on any atom is 0.128 e. The van der Waals surface area contributed by atoms with Crippen LogP contribution in [0.4, 0.5) is 4.39 Å². The molecule has 0 aliphatic heterocycles. The van der Waals surface area contributed by atoms with Crippen molar-refractivity contribution in [1.82, 2.24) is 4.90 Å². The van der Waals surface area contributed by atoms with Crippen molar-refractivity contribution in [2.45, 2.75) is 25.0 Å². The van der Waals surface area contributed by atoms with Crippen molar-refractivity contribution in [2.75, 3.05) is 14.1 Å². The van der Waals surface area contributed by atoms with E-state index in [-0.39, 0.29) is 5.82 Å². The first-order chi connectivity index (χ1) is 7.01. The molecule has 0 amide bonds. The fourth-order valence-electron chi connectivity index (χ4n) is 1.71. The Bertz CT molecular complexity index is 372. The van der Waals surface area contributed by atoms with Gasteiger partial charge < -0.3 is 10.0 Å². The molecule has 0 heterocycles. The monoisotopic (exact) mass is 209 g/mol. The zero-order valence-corrected chi connectivity index (χ0v) is 9.13. The van der Waals surface area contributed by atoms with Gasteiger partial charge in [0.2, 0.25) is 0 Å². The summed E-state index contributed by atoms with van der Waals surface area (Å²) in [5.74, 6) is -0.221. The molecule has 0 unspecified atom stereocenters. The first-order valence-electron chi connectivity index (χ1n) is 5.17. The summed E-state index contributed by atoms with van der Waals surface area (Å²) in [6.45, 7) is 0.588. The number of benzene rings is 1. The second-order valence-corrected chi connectivity index (χ2v) is 4.58. The number of halogens is 1. The smallest absolute Gasteiger partial charge is 0.128 e. The average Bonchev–Trinajstić information content (AvgIpc) is 2.88. The molecule has 82 valence electrons. The predicted octanol–water partition coefficient (Wildman–Crippen LogP) is 1.87. The summed E-state index contributed by atoms with van der Waals surface area (Å²) in [6, 6.07) is 5.06. The van der Waals surface area contributed by atoms with Crippen molar-refractivity contribution in [1.29, 1.82) is 0 Å². The van der Waals surface area contributed by atoms with E-state index in [0.717, 1.165) is 12.8 Å². The number of nitrogens with zero attached hydrogens (tertiary/aromatic N) is 1. The molecule has 1 N–H and O–H groups in total. The minimum absolute atomic E-state index is 0.221. The molecule has 1 aliphatic rings. The zero-order chi connectivity index (χ0) is 11.1. The summed E-state index contributed by atoms with van der Waals surface area (Å²) < 4.78 is 13.6. The van der Waals surface area contributed by atoms with Crippen LogP contribution < -0.4 is 0 Å². The van der Waals surface area contributed by atoms with Crippen molar-refractivity contribution >= 4 is 0 Å². The fraction of sp³-hybridized carbons (Fsp3) is 0.500. The van der Waals surface area contributed by atoms with Crippen molar-refractivity contribution in [3.63, 3.8) is 0 Å². The highest BCUT2D eigenvalue weighted by molar-refractivity contribution is 5.31. The summed E-state index contributed by atoms with van der Waals surface area (Å²) in [4.78, 5) is 1.92. The normalized spacial score (nSPS) is 18.2. The maximum absolute atomic E-state index is 13.6. The lowest BCUT2D eigenvalue weighted by Gasteiger charge is -2.13. The molecule has 1 saturated carbocycles. The summed E-state index contributed by atoms with van der Waals surface area (Å²) >= 11 is 0. The molecule has 15 heavy (non-hydrogen) atoms. The fourth-order valence-corrected chi connectivity index (χ4v) is 1.71. The lowest BCUT2D eigenvalue weighted by Crippen LogP contribution is -2.13. The van der Waals surface area contributed by atoms with E-state index in [9.17, 15) is 9.50 Å². The minimum atomic E-state index is -0.739. The molecule has 0 aromatic heterocycles. The number of aliphatic hydroxyl groups is 1. The largest absolute Gasteiger partial charge is 0.385 e. The highest BCUT2D eigenvalue weighted by Gasteiger charge is 2.42. The van der Waals surface area contributed by atoms with Crippen molar-refractivity contribution in [2.24, 2.45) is 0 Å². The molecule has 0 spiro atoms. The molecule has 1 fully saturated rings. The van der Waals surface area contributed by atoms with Crippen molar-refractivity contribution in [3.8, 4) is 0 Å². The van der Waals surface area contributed by atoms with E-state index in [4.69, 9.17) is 0 Å². The van der Waals surface area contributed by atoms with Crippen molar-refractivity contribution < 1.29 is 9.50 Å². The van der Waals surface area contributed by atoms with Crippen LogP contribution in [0.3, 0.4) is 0 Å². The molecular weight excluding hydrogens is 193 g/mol. The van der Waals surface area contributed by atoms with Gasteiger partial charge in [0.1, 0.15) is 5.82 Å². The third-order valence-corrected chi connectivity index (χ3v) is 2.80. The second kappa shape index (κ2) is 3.58. The van der Waals surface area contributed by atoms with Crippen LogP contribution in [0.15, 0.2) is 18.2 Å². The average molecular weight is 209 g/mol. The molecule has 1 aromatic carbocycles. The van der Waals surface area contributed by atoms with Crippen LogP contribution in [0.2, 0.25) is 0 Å². The molecular formula is C12H16FNO. The topological polar surface area (TPSA) is 23.5 Å². The molecule has 0 bridgehead atoms. The zero-order valence-electron chi connectivity index (χ0n) is 9.13. The SMILES string of the molecule is CN(C)Cc1ccc(C2(O)CC2)cc1F. The lowest BCUT2D eigenvalue weighted by atomic mass is 10.0. The maximum atomic E-state index is 13.6. The Balaban J connectivity index is 2.23. The van der Waals surface area contributed by atoms with Crippen LogP contribution in [-0.2, 0) is 12.1 Å². The van der Waals surface area contributed by atoms with Crippen LogP contribution in [0.1, 0.15) is 24.0 Å². The first-order valence-corrected chi connectivity index (χ1v) is 5.17. The molecule has 0 atom stereocenters. The Morgan fingerprint density at radius 1 is 1.40 bits per heavy atom. The Hall–Kier alpha value is -0.930. The Kier molecular flexibility index (Phi) is 2.52. The van der Waals surface area contributed by atoms with Gasteiger partial charge >= 0.3 is 0 Å². The van der Waals surface area contributed by atoms with E-state index in [1.807, 2.05) is 25.1 Å². The van der Waals surface area contributed by atoms with Gasteiger partial charge in [0.05, 0.1) is 5.60 Å². The van der Waals surface area contributed by atoms with Gasteiger partial charge in [0.15, 0.2) is 0 Å². The van der Waals surface area contributed by atoms with Crippen LogP contribution >= 0.6 is 0 Å². The van der Waals surface area contributed by atoms with Crippen LogP contribution in [0, 0.1) is 5.82 Å². The Morgan fingerprint density at radius 2 is 2.07 bits per heavy atom. The Labute approximate surface area is 89.3 Å². The summed E-state index contributed by atoms with van der Waals surface area (Å²) in [5.41, 5.74) is 0.646. The second-order valence-electron chi connectivity index (χ2n) is 4.58. The van der Waals surface area contributed by atoms with Gasteiger partial charge in [-0.1, -0.05) is 12.1 Å². The van der Waals surface area contributed by atoms with Gasteiger partial charge in [-0.25, -0.2) is 4.39 Å². The molecule has 1 aromatic rings. The van der Waals surface area contributed by atoms with Gasteiger partial charge in [0.25, 0.3) is 0 Å². The van der Waals surface area contributed by atoms with E-state index < -0.39 is 5.60 Å². The highest BCUT2D eigenvalue weighted by atomic mass is 19.1. The molecule has 2 rings (SSSR count). The third kappa shape index (κ3) is 2.19. The molecule has 0 saturated heterocycles. The summed E-state index contributed by atoms with van der Waals surface area (Å²) in [7, 11) is 3.81. The number of hydrogen-bond donors (Lipinski definition) is 1. The van der Waals surface area contributed by atoms with E-state index in [0.29, 0.717) is 17.7 Å². The third-order valence-electron chi connectivity index (χ3n) is 2.80. The van der Waals surface area contributed by atoms with Gasteiger partial charge in [-0.2, -0.15) is 0 Å². The number of hydrogen-bond acceptors (Lipinski definition) is 2. The van der Waals surface area contributed by atoms with Gasteiger partial charge in [0, 0.05) is 12.1 Å². The summed E-state index contributed by atoms with van der Waals surface area (Å²) in [6.07, 6.45) is 1.50.